The monoisotopic (exact) mass is 461 g/mol. The number of carbonyl (C=O) groups is 1. The third-order valence-corrected chi connectivity index (χ3v) is 6.60. The topological polar surface area (TPSA) is 54.4 Å². The molecule has 0 aliphatic rings. The van der Waals surface area contributed by atoms with Crippen LogP contribution in [-0.4, -0.2) is 16.6 Å². The number of hydrogen-bond acceptors (Lipinski definition) is 4. The van der Waals surface area contributed by atoms with Crippen molar-refractivity contribution in [3.63, 3.8) is 0 Å². The zero-order valence-corrected chi connectivity index (χ0v) is 20.0. The smallest absolute Gasteiger partial charge is 0.267 e. The standard InChI is InChI=1S/C26H24ClN3OS/c1-16(23-13-14-24(27)32-23)29-30-25(31)20-15-22(28-21-8-6-5-7-19(20)21)17-9-11-18(12-10-17)26(2,3)4/h5-15H,1-4H3,(H,30,31)/b29-16+. The molecule has 0 spiro atoms. The number of nitrogens with zero attached hydrogens (tertiary/aromatic N) is 2. The molecule has 0 saturated heterocycles. The second-order valence-corrected chi connectivity index (χ2v) is 10.4. The van der Waals surface area contributed by atoms with Crippen molar-refractivity contribution in [2.75, 3.05) is 0 Å². The maximum absolute atomic E-state index is 13.1. The number of carbonyl (C=O) groups excluding carboxylic acids is 1. The van der Waals surface area contributed by atoms with E-state index < -0.39 is 0 Å². The molecular formula is C26H24ClN3OS. The van der Waals surface area contributed by atoms with Crippen LogP contribution in [0.3, 0.4) is 0 Å². The Kier molecular flexibility index (Phi) is 6.13. The molecule has 1 N–H and O–H groups in total. The van der Waals surface area contributed by atoms with Crippen molar-refractivity contribution >= 4 is 45.5 Å². The highest BCUT2D eigenvalue weighted by molar-refractivity contribution is 7.18. The van der Waals surface area contributed by atoms with E-state index in [2.05, 4.69) is 55.6 Å². The van der Waals surface area contributed by atoms with Gasteiger partial charge in [0.05, 0.1) is 31.7 Å². The molecule has 0 aliphatic heterocycles. The lowest BCUT2D eigenvalue weighted by Gasteiger charge is -2.19. The van der Waals surface area contributed by atoms with Crippen molar-refractivity contribution in [3.8, 4) is 11.3 Å². The molecule has 0 radical (unpaired) electrons. The highest BCUT2D eigenvalue weighted by atomic mass is 35.5. The van der Waals surface area contributed by atoms with Gasteiger partial charge in [-0.15, -0.1) is 11.3 Å². The second-order valence-electron chi connectivity index (χ2n) is 8.64. The molecule has 2 aromatic carbocycles. The summed E-state index contributed by atoms with van der Waals surface area (Å²) in [4.78, 5) is 18.8. The van der Waals surface area contributed by atoms with E-state index in [-0.39, 0.29) is 11.3 Å². The lowest BCUT2D eigenvalue weighted by Crippen LogP contribution is -2.19. The number of amides is 1. The first-order chi connectivity index (χ1) is 15.2. The van der Waals surface area contributed by atoms with Crippen LogP contribution in [0.5, 0.6) is 0 Å². The Balaban J connectivity index is 1.70. The Morgan fingerprint density at radius 2 is 1.75 bits per heavy atom. The number of para-hydroxylation sites is 1. The number of halogens is 1. The van der Waals surface area contributed by atoms with Crippen molar-refractivity contribution in [1.82, 2.24) is 10.4 Å². The van der Waals surface area contributed by atoms with E-state index in [4.69, 9.17) is 16.6 Å². The van der Waals surface area contributed by atoms with E-state index in [9.17, 15) is 4.79 Å². The van der Waals surface area contributed by atoms with Gasteiger partial charge in [-0.2, -0.15) is 5.10 Å². The van der Waals surface area contributed by atoms with Crippen LogP contribution < -0.4 is 5.43 Å². The number of nitrogens with one attached hydrogen (secondary N) is 1. The van der Waals surface area contributed by atoms with Crippen LogP contribution in [0.2, 0.25) is 4.34 Å². The fourth-order valence-corrected chi connectivity index (χ4v) is 4.40. The number of pyridine rings is 1. The number of fused-ring (bicyclic) bond motifs is 1. The van der Waals surface area contributed by atoms with Gasteiger partial charge in [-0.05, 0) is 42.2 Å². The second kappa shape index (κ2) is 8.85. The zero-order chi connectivity index (χ0) is 22.9. The largest absolute Gasteiger partial charge is 0.272 e. The normalized spacial score (nSPS) is 12.2. The minimum atomic E-state index is -0.279. The number of hydrazone groups is 1. The Hall–Kier alpha value is -3.02. The van der Waals surface area contributed by atoms with E-state index in [0.717, 1.165) is 27.0 Å². The first kappa shape index (κ1) is 22.2. The maximum atomic E-state index is 13.1. The molecule has 6 heteroatoms. The van der Waals surface area contributed by atoms with Gasteiger partial charge < -0.3 is 0 Å². The predicted molar refractivity (Wildman–Crippen MR) is 135 cm³/mol. The zero-order valence-electron chi connectivity index (χ0n) is 18.4. The van der Waals surface area contributed by atoms with Crippen LogP contribution in [0.25, 0.3) is 22.2 Å². The van der Waals surface area contributed by atoms with Gasteiger partial charge in [-0.1, -0.05) is 74.8 Å². The molecule has 0 aliphatic carbocycles. The van der Waals surface area contributed by atoms with E-state index >= 15 is 0 Å². The van der Waals surface area contributed by atoms with E-state index in [0.29, 0.717) is 15.6 Å². The van der Waals surface area contributed by atoms with Crippen molar-refractivity contribution in [2.45, 2.75) is 33.1 Å². The van der Waals surface area contributed by atoms with Gasteiger partial charge in [0.25, 0.3) is 5.91 Å². The molecule has 2 heterocycles. The molecule has 0 fully saturated rings. The molecule has 1 amide bonds. The summed E-state index contributed by atoms with van der Waals surface area (Å²) in [6.07, 6.45) is 0. The summed E-state index contributed by atoms with van der Waals surface area (Å²) in [5.41, 5.74) is 7.72. The Bertz CT molecular complexity index is 1320. The van der Waals surface area contributed by atoms with Crippen molar-refractivity contribution in [1.29, 1.82) is 0 Å². The number of benzene rings is 2. The van der Waals surface area contributed by atoms with Gasteiger partial charge in [0.15, 0.2) is 0 Å². The Morgan fingerprint density at radius 3 is 2.41 bits per heavy atom. The number of thiophene rings is 1. The highest BCUT2D eigenvalue weighted by Crippen LogP contribution is 2.28. The van der Waals surface area contributed by atoms with Crippen molar-refractivity contribution in [3.05, 3.63) is 87.1 Å². The molecule has 0 unspecified atom stereocenters. The third-order valence-electron chi connectivity index (χ3n) is 5.26. The van der Waals surface area contributed by atoms with Gasteiger partial charge in [0, 0.05) is 10.9 Å². The van der Waals surface area contributed by atoms with E-state index in [1.807, 2.05) is 49.4 Å². The lowest BCUT2D eigenvalue weighted by molar-refractivity contribution is 0.0956. The first-order valence-electron chi connectivity index (χ1n) is 10.3. The molecule has 32 heavy (non-hydrogen) atoms. The van der Waals surface area contributed by atoms with Gasteiger partial charge in [-0.3, -0.25) is 4.79 Å². The Labute approximate surface area is 197 Å². The first-order valence-corrected chi connectivity index (χ1v) is 11.5. The summed E-state index contributed by atoms with van der Waals surface area (Å²) < 4.78 is 0.683. The van der Waals surface area contributed by atoms with E-state index in [1.54, 1.807) is 0 Å². The minimum absolute atomic E-state index is 0.0725. The van der Waals surface area contributed by atoms with Crippen LogP contribution in [0.15, 0.2) is 71.8 Å². The third kappa shape index (κ3) is 4.74. The van der Waals surface area contributed by atoms with Crippen LogP contribution >= 0.6 is 22.9 Å². The number of aromatic nitrogens is 1. The molecule has 4 nitrogen and oxygen atoms in total. The summed E-state index contributed by atoms with van der Waals surface area (Å²) in [5.74, 6) is -0.279. The van der Waals surface area contributed by atoms with Crippen molar-refractivity contribution < 1.29 is 4.79 Å². The van der Waals surface area contributed by atoms with Gasteiger partial charge in [0.1, 0.15) is 0 Å². The van der Waals surface area contributed by atoms with Gasteiger partial charge in [-0.25, -0.2) is 10.4 Å². The fraction of sp³-hybridized carbons (Fsp3) is 0.192. The molecule has 4 rings (SSSR count). The summed E-state index contributed by atoms with van der Waals surface area (Å²) >= 11 is 7.43. The summed E-state index contributed by atoms with van der Waals surface area (Å²) in [7, 11) is 0. The molecule has 2 aromatic heterocycles. The van der Waals surface area contributed by atoms with Crippen LogP contribution in [-0.2, 0) is 5.41 Å². The SMILES string of the molecule is C/C(=N\NC(=O)c1cc(-c2ccc(C(C)(C)C)cc2)nc2ccccc12)c1ccc(Cl)s1. The molecular weight excluding hydrogens is 438 g/mol. The van der Waals surface area contributed by atoms with Crippen molar-refractivity contribution in [2.24, 2.45) is 5.10 Å². The van der Waals surface area contributed by atoms with Crippen LogP contribution in [0.4, 0.5) is 0 Å². The van der Waals surface area contributed by atoms with Crippen LogP contribution in [0, 0.1) is 0 Å². The maximum Gasteiger partial charge on any atom is 0.272 e. The van der Waals surface area contributed by atoms with Crippen LogP contribution in [0.1, 0.15) is 48.5 Å². The average molecular weight is 462 g/mol. The lowest BCUT2D eigenvalue weighted by atomic mass is 9.86. The van der Waals surface area contributed by atoms with Gasteiger partial charge in [0.2, 0.25) is 0 Å². The number of rotatable bonds is 4. The van der Waals surface area contributed by atoms with E-state index in [1.165, 1.54) is 16.9 Å². The minimum Gasteiger partial charge on any atom is -0.267 e. The Morgan fingerprint density at radius 1 is 1.03 bits per heavy atom. The summed E-state index contributed by atoms with van der Waals surface area (Å²) in [6, 6.07) is 21.5. The van der Waals surface area contributed by atoms with Gasteiger partial charge >= 0.3 is 0 Å². The summed E-state index contributed by atoms with van der Waals surface area (Å²) in [6.45, 7) is 8.40. The highest BCUT2D eigenvalue weighted by Gasteiger charge is 2.16. The molecule has 0 saturated carbocycles. The quantitative estimate of drug-likeness (QED) is 0.261. The fourth-order valence-electron chi connectivity index (χ4n) is 3.41. The molecule has 162 valence electrons. The molecule has 4 aromatic rings. The molecule has 0 bridgehead atoms. The molecule has 0 atom stereocenters. The summed E-state index contributed by atoms with van der Waals surface area (Å²) in [5, 5.41) is 5.06. The predicted octanol–water partition coefficient (Wildman–Crippen LogP) is 7.07. The number of hydrogen-bond donors (Lipinski definition) is 1. The average Bonchev–Trinajstić information content (AvgIpc) is 3.22.